The molecule has 0 saturated carbocycles. The van der Waals surface area contributed by atoms with Crippen molar-refractivity contribution >= 4 is 17.6 Å². The minimum atomic E-state index is -0.361. The van der Waals surface area contributed by atoms with Gasteiger partial charge in [0.05, 0.1) is 5.69 Å². The van der Waals surface area contributed by atoms with E-state index in [1.54, 1.807) is 10.6 Å². The van der Waals surface area contributed by atoms with Gasteiger partial charge in [0.15, 0.2) is 6.17 Å². The van der Waals surface area contributed by atoms with Gasteiger partial charge in [0.2, 0.25) is 0 Å². The summed E-state index contributed by atoms with van der Waals surface area (Å²) in [7, 11) is 0. The molecular formula is C23H26N5O+. The van der Waals surface area contributed by atoms with Crippen LogP contribution in [0, 0.1) is 13.8 Å². The summed E-state index contributed by atoms with van der Waals surface area (Å²) in [6.45, 7) is 8.21. The first kappa shape index (κ1) is 18.9. The summed E-state index contributed by atoms with van der Waals surface area (Å²) in [6.07, 6.45) is -0.361. The lowest BCUT2D eigenvalue weighted by Gasteiger charge is -2.23. The summed E-state index contributed by atoms with van der Waals surface area (Å²) in [4.78, 5) is 20.7. The van der Waals surface area contributed by atoms with Gasteiger partial charge >= 0.3 is 5.96 Å². The topological polar surface area (TPSA) is 72.9 Å². The van der Waals surface area contributed by atoms with Gasteiger partial charge in [-0.15, -0.1) is 0 Å². The summed E-state index contributed by atoms with van der Waals surface area (Å²) >= 11 is 0. The van der Waals surface area contributed by atoms with Crippen LogP contribution in [0.15, 0.2) is 59.4 Å². The Balaban J connectivity index is 1.77. The maximum atomic E-state index is 12.8. The standard InChI is InChI=1S/C23H25N5O/c1-14(2)17-8-10-18(11-9-17)21-26-22(25-19-7-5-6-15(3)12-19)27-23-24-16(4)13-20(29)28(21)23/h5-14,21H,1-4H3,(H2,24,25,26,27)/p+1. The highest BCUT2D eigenvalue weighted by Crippen LogP contribution is 2.20. The van der Waals surface area contributed by atoms with E-state index in [0.29, 0.717) is 23.5 Å². The van der Waals surface area contributed by atoms with Gasteiger partial charge in [-0.2, -0.15) is 0 Å². The van der Waals surface area contributed by atoms with Crippen LogP contribution in [0.25, 0.3) is 0 Å². The fraction of sp³-hybridized carbons (Fsp3) is 0.261. The zero-order chi connectivity index (χ0) is 20.5. The molecule has 2 aromatic carbocycles. The minimum Gasteiger partial charge on any atom is -0.269 e. The molecule has 1 unspecified atom stereocenters. The van der Waals surface area contributed by atoms with E-state index in [9.17, 15) is 4.79 Å². The molecule has 0 radical (unpaired) electrons. The van der Waals surface area contributed by atoms with Gasteiger partial charge in [0, 0.05) is 17.3 Å². The molecule has 0 aliphatic carbocycles. The van der Waals surface area contributed by atoms with Crippen molar-refractivity contribution in [1.29, 1.82) is 0 Å². The summed E-state index contributed by atoms with van der Waals surface area (Å²) < 4.78 is 1.65. The van der Waals surface area contributed by atoms with E-state index in [1.807, 2.05) is 19.1 Å². The molecule has 1 atom stereocenters. The molecule has 3 aromatic rings. The zero-order valence-electron chi connectivity index (χ0n) is 17.2. The lowest BCUT2D eigenvalue weighted by atomic mass is 10.0. The Labute approximate surface area is 170 Å². The summed E-state index contributed by atoms with van der Waals surface area (Å²) in [5.74, 6) is 1.65. The van der Waals surface area contributed by atoms with Gasteiger partial charge < -0.3 is 0 Å². The molecule has 2 heterocycles. The largest absolute Gasteiger partial charge is 0.357 e. The highest BCUT2D eigenvalue weighted by Gasteiger charge is 2.29. The normalized spacial score (nSPS) is 15.5. The van der Waals surface area contributed by atoms with Gasteiger partial charge in [-0.1, -0.05) is 50.2 Å². The third-order valence-corrected chi connectivity index (χ3v) is 5.06. The molecule has 1 aromatic heterocycles. The molecule has 148 valence electrons. The van der Waals surface area contributed by atoms with Crippen LogP contribution in [-0.4, -0.2) is 15.5 Å². The van der Waals surface area contributed by atoms with E-state index >= 15 is 0 Å². The summed E-state index contributed by atoms with van der Waals surface area (Å²) in [5.41, 5.74) is 4.96. The van der Waals surface area contributed by atoms with Crippen molar-refractivity contribution in [3.63, 3.8) is 0 Å². The van der Waals surface area contributed by atoms with Crippen LogP contribution in [0.5, 0.6) is 0 Å². The van der Waals surface area contributed by atoms with E-state index in [-0.39, 0.29) is 11.7 Å². The van der Waals surface area contributed by atoms with Crippen LogP contribution in [-0.2, 0) is 0 Å². The molecule has 6 nitrogen and oxygen atoms in total. The lowest BCUT2D eigenvalue weighted by Crippen LogP contribution is -2.82. The van der Waals surface area contributed by atoms with Gasteiger partial charge in [-0.25, -0.2) is 20.2 Å². The smallest absolute Gasteiger partial charge is 0.269 e. The number of fused-ring (bicyclic) bond motifs is 1. The van der Waals surface area contributed by atoms with Crippen molar-refractivity contribution in [3.05, 3.63) is 87.3 Å². The number of nitrogens with one attached hydrogen (secondary N) is 3. The van der Waals surface area contributed by atoms with E-state index in [2.05, 4.69) is 77.8 Å². The average molecular weight is 388 g/mol. The van der Waals surface area contributed by atoms with Gasteiger partial charge in [0.25, 0.3) is 11.5 Å². The molecule has 29 heavy (non-hydrogen) atoms. The molecule has 0 amide bonds. The zero-order valence-corrected chi connectivity index (χ0v) is 17.2. The molecule has 1 aliphatic rings. The number of hydrogen-bond acceptors (Lipinski definition) is 4. The maximum absolute atomic E-state index is 12.8. The van der Waals surface area contributed by atoms with Crippen molar-refractivity contribution in [2.24, 2.45) is 0 Å². The van der Waals surface area contributed by atoms with Crippen molar-refractivity contribution < 1.29 is 4.99 Å². The third kappa shape index (κ3) is 3.92. The lowest BCUT2D eigenvalue weighted by molar-refractivity contribution is -0.520. The van der Waals surface area contributed by atoms with E-state index < -0.39 is 0 Å². The molecule has 0 fully saturated rings. The van der Waals surface area contributed by atoms with Gasteiger partial charge in [-0.3, -0.25) is 9.79 Å². The second-order valence-corrected chi connectivity index (χ2v) is 7.79. The molecule has 0 bridgehead atoms. The SMILES string of the molecule is Cc1cccc(NC2=[NH+]C(c3ccc(C(C)C)cc3)n3c(nc(C)cc3=O)N2)c1. The number of rotatable bonds is 3. The summed E-state index contributed by atoms with van der Waals surface area (Å²) in [6, 6.07) is 18.0. The molecule has 0 saturated heterocycles. The predicted octanol–water partition coefficient (Wildman–Crippen LogP) is 2.50. The van der Waals surface area contributed by atoms with Crippen molar-refractivity contribution in [2.75, 3.05) is 10.6 Å². The van der Waals surface area contributed by atoms with E-state index in [1.165, 1.54) is 5.56 Å². The Morgan fingerprint density at radius 1 is 1.10 bits per heavy atom. The number of benzene rings is 2. The van der Waals surface area contributed by atoms with E-state index in [4.69, 9.17) is 0 Å². The van der Waals surface area contributed by atoms with Crippen LogP contribution in [0.2, 0.25) is 0 Å². The second-order valence-electron chi connectivity index (χ2n) is 7.79. The monoisotopic (exact) mass is 388 g/mol. The number of aromatic nitrogens is 2. The van der Waals surface area contributed by atoms with Gasteiger partial charge in [0.1, 0.15) is 0 Å². The fourth-order valence-electron chi connectivity index (χ4n) is 3.52. The fourth-order valence-corrected chi connectivity index (χ4v) is 3.52. The van der Waals surface area contributed by atoms with Crippen molar-refractivity contribution in [3.8, 4) is 0 Å². The maximum Gasteiger partial charge on any atom is 0.357 e. The Kier molecular flexibility index (Phi) is 4.92. The van der Waals surface area contributed by atoms with E-state index in [0.717, 1.165) is 16.8 Å². The van der Waals surface area contributed by atoms with Gasteiger partial charge in [-0.05, 0) is 43.0 Å². The minimum absolute atomic E-state index is 0.0972. The van der Waals surface area contributed by atoms with Crippen LogP contribution >= 0.6 is 0 Å². The number of nitrogens with zero attached hydrogens (tertiary/aromatic N) is 2. The molecule has 3 N–H and O–H groups in total. The second kappa shape index (κ2) is 7.54. The van der Waals surface area contributed by atoms with Crippen LogP contribution in [0.1, 0.15) is 48.3 Å². The first-order valence-electron chi connectivity index (χ1n) is 9.85. The molecular weight excluding hydrogens is 362 g/mol. The Bertz CT molecular complexity index is 1130. The molecule has 0 spiro atoms. The Morgan fingerprint density at radius 3 is 2.55 bits per heavy atom. The van der Waals surface area contributed by atoms with Crippen LogP contribution in [0.3, 0.4) is 0 Å². The van der Waals surface area contributed by atoms with Crippen molar-refractivity contribution in [2.45, 2.75) is 39.8 Å². The number of aryl methyl sites for hydroxylation is 2. The number of guanidine groups is 1. The molecule has 6 heteroatoms. The highest BCUT2D eigenvalue weighted by molar-refractivity contribution is 5.99. The Morgan fingerprint density at radius 2 is 1.86 bits per heavy atom. The number of anilines is 2. The predicted molar refractivity (Wildman–Crippen MR) is 116 cm³/mol. The first-order chi connectivity index (χ1) is 13.9. The molecule has 4 rings (SSSR count). The number of hydrogen-bond donors (Lipinski definition) is 3. The van der Waals surface area contributed by atoms with Crippen LogP contribution < -0.4 is 21.2 Å². The van der Waals surface area contributed by atoms with Crippen LogP contribution in [0.4, 0.5) is 11.6 Å². The first-order valence-corrected chi connectivity index (χ1v) is 9.85. The quantitative estimate of drug-likeness (QED) is 0.645. The average Bonchev–Trinajstić information content (AvgIpc) is 2.67. The Hall–Kier alpha value is -3.41. The third-order valence-electron chi connectivity index (χ3n) is 5.06. The highest BCUT2D eigenvalue weighted by atomic mass is 16.1. The molecule has 1 aliphatic heterocycles. The summed E-state index contributed by atoms with van der Waals surface area (Å²) in [5, 5.41) is 6.59. The van der Waals surface area contributed by atoms with Crippen molar-refractivity contribution in [1.82, 2.24) is 9.55 Å².